The van der Waals surface area contributed by atoms with Crippen LogP contribution in [0.3, 0.4) is 0 Å². The predicted octanol–water partition coefficient (Wildman–Crippen LogP) is -7.31. The summed E-state index contributed by atoms with van der Waals surface area (Å²) in [6, 6.07) is 0. The molecule has 0 aliphatic rings. The number of unbranched alkanes of at least 4 members (excludes halogenated alkanes) is 2. The molecule has 0 N–H and O–H groups in total. The van der Waals surface area contributed by atoms with Crippen LogP contribution in [0.5, 0.6) is 0 Å². The quantitative estimate of drug-likeness (QED) is 0.0252. The van der Waals surface area contributed by atoms with E-state index in [0.717, 1.165) is 110 Å². The van der Waals surface area contributed by atoms with Gasteiger partial charge in [-0.15, -0.1) is 0 Å². The molecule has 0 aromatic carbocycles. The largest absolute Gasteiger partial charge is 1.00 e. The highest BCUT2D eigenvalue weighted by Crippen LogP contribution is 2.07. The molecule has 0 aliphatic carbocycles. The van der Waals surface area contributed by atoms with E-state index in [4.69, 9.17) is 23.7 Å². The first-order chi connectivity index (χ1) is 29.7. The first-order valence-electron chi connectivity index (χ1n) is 22.0. The Morgan fingerprint density at radius 2 is 0.769 bits per heavy atom. The molecule has 0 spiro atoms. The third kappa shape index (κ3) is 25.8. The van der Waals surface area contributed by atoms with E-state index in [2.05, 4.69) is 136 Å². The molecule has 0 bridgehead atoms. The monoisotopic (exact) mass is 1170 g/mol. The lowest BCUT2D eigenvalue weighted by Gasteiger charge is -2.18. The summed E-state index contributed by atoms with van der Waals surface area (Å²) in [5, 5.41) is 0. The molecule has 17 nitrogen and oxygen atoms in total. The van der Waals surface area contributed by atoms with Gasteiger partial charge in [0.15, 0.2) is 0 Å². The van der Waals surface area contributed by atoms with Crippen LogP contribution in [0.4, 0.5) is 9.59 Å². The smallest absolute Gasteiger partial charge is 0.508 e. The van der Waals surface area contributed by atoms with Crippen LogP contribution in [0.25, 0.3) is 0 Å². The molecule has 5 heterocycles. The molecule has 5 rings (SSSR count). The second-order valence-corrected chi connectivity index (χ2v) is 16.4. The molecule has 5 aromatic rings. The van der Waals surface area contributed by atoms with Gasteiger partial charge >= 0.3 is 12.3 Å². The van der Waals surface area contributed by atoms with E-state index >= 15 is 0 Å². The number of carbonyl (C=O) groups excluding carboxylic acids is 2. The fourth-order valence-electron chi connectivity index (χ4n) is 6.73. The Balaban J connectivity index is 0.00000528. The van der Waals surface area contributed by atoms with Crippen molar-refractivity contribution in [2.24, 2.45) is 0 Å². The number of carbonyl (C=O) groups is 2. The molecule has 0 unspecified atom stereocenters. The fraction of sp³-hybridized carbons (Fsp3) is 0.614. The maximum absolute atomic E-state index is 12.0. The summed E-state index contributed by atoms with van der Waals surface area (Å²) in [6.45, 7) is 16.0. The summed E-state index contributed by atoms with van der Waals surface area (Å²) < 4.78 is 46.1. The van der Waals surface area contributed by atoms with Crippen LogP contribution in [-0.4, -0.2) is 78.8 Å². The van der Waals surface area contributed by atoms with Crippen molar-refractivity contribution in [3.05, 3.63) is 93.6 Å². The third-order valence-corrected chi connectivity index (χ3v) is 9.93. The number of nitrogens with zero attached hydrogens (tertiary/aromatic N) is 10. The highest BCUT2D eigenvalue weighted by molar-refractivity contribution is 5.60. The van der Waals surface area contributed by atoms with Crippen molar-refractivity contribution in [3.8, 4) is 0 Å². The lowest BCUT2D eigenvalue weighted by atomic mass is 10.2. The summed E-state index contributed by atoms with van der Waals surface area (Å²) >= 11 is 0. The van der Waals surface area contributed by atoms with Gasteiger partial charge < -0.3 is 96.2 Å². The number of hydrogen-bond acceptors (Lipinski definition) is 8. The number of rotatable bonds is 30. The zero-order valence-corrected chi connectivity index (χ0v) is 44.6. The van der Waals surface area contributed by atoms with Crippen molar-refractivity contribution in [3.63, 3.8) is 0 Å². The molecule has 0 saturated carbocycles. The highest BCUT2D eigenvalue weighted by Gasteiger charge is 2.12. The van der Waals surface area contributed by atoms with E-state index in [-0.39, 0.29) is 73.5 Å². The van der Waals surface area contributed by atoms with E-state index < -0.39 is 12.3 Å². The van der Waals surface area contributed by atoms with Crippen molar-refractivity contribution in [2.45, 2.75) is 143 Å². The molecule has 21 heteroatoms. The molecular formula is C44H70Br4N10O7. The lowest BCUT2D eigenvalue weighted by molar-refractivity contribution is -0.697. The summed E-state index contributed by atoms with van der Waals surface area (Å²) in [5.41, 5.74) is -0.108. The van der Waals surface area contributed by atoms with Gasteiger partial charge in [0, 0.05) is 51.0 Å². The van der Waals surface area contributed by atoms with Gasteiger partial charge in [-0.2, -0.15) is 0 Å². The molecule has 0 amide bonds. The van der Waals surface area contributed by atoms with Gasteiger partial charge in [-0.1, -0.05) is 0 Å². The first kappa shape index (κ1) is 59.5. The third-order valence-electron chi connectivity index (χ3n) is 9.93. The standard InChI is InChI=1S/C44H70N10O7.4BrH/c1-44(2,3)61-36-12-22-54-31-30-53(41-54)21-11-35-60-43(56)59-34-10-20-52-29-26-49(40-52)17-7-6-16-48-25-28-51(39-48)19-9-33-58-42(55)57-32-8-18-50-27-24-47(38-50)15-5-4-14-46-23-13-45-37-46;;;;/h13,23-31,37-41H,4-12,14-22,32-36H2,1-3H3;4*1H/q+4;;;;/p-4. The van der Waals surface area contributed by atoms with E-state index in [1.807, 2.05) is 24.9 Å². The molecule has 0 aliphatic heterocycles. The minimum absolute atomic E-state index is 0. The van der Waals surface area contributed by atoms with Crippen LogP contribution in [0.15, 0.2) is 93.6 Å². The lowest BCUT2D eigenvalue weighted by Crippen LogP contribution is -3.00. The predicted molar refractivity (Wildman–Crippen MR) is 223 cm³/mol. The van der Waals surface area contributed by atoms with E-state index in [9.17, 15) is 9.59 Å². The number of imidazole rings is 5. The summed E-state index contributed by atoms with van der Waals surface area (Å²) in [6.07, 6.45) is 37.4. The molecular weight excluding hydrogens is 1100 g/mol. The number of aromatic nitrogens is 10. The Hall–Kier alpha value is -3.53. The van der Waals surface area contributed by atoms with E-state index in [1.165, 1.54) is 0 Å². The number of aryl methyl sites for hydroxylation is 9. The zero-order chi connectivity index (χ0) is 43.0. The maximum Gasteiger partial charge on any atom is 0.508 e. The van der Waals surface area contributed by atoms with Gasteiger partial charge in [-0.3, -0.25) is 0 Å². The second-order valence-electron chi connectivity index (χ2n) is 16.4. The topological polar surface area (TPSA) is 133 Å². The molecule has 0 saturated heterocycles. The summed E-state index contributed by atoms with van der Waals surface area (Å²) in [4.78, 5) is 28.2. The van der Waals surface area contributed by atoms with Gasteiger partial charge in [0.25, 0.3) is 0 Å². The molecule has 65 heavy (non-hydrogen) atoms. The van der Waals surface area contributed by atoms with Gasteiger partial charge in [0.05, 0.1) is 97.3 Å². The Morgan fingerprint density at radius 1 is 0.446 bits per heavy atom. The Labute approximate surface area is 426 Å². The number of hydrogen-bond donors (Lipinski definition) is 0. The number of halogens is 4. The van der Waals surface area contributed by atoms with Gasteiger partial charge in [-0.05, 0) is 46.5 Å². The van der Waals surface area contributed by atoms with Crippen molar-refractivity contribution >= 4 is 12.3 Å². The van der Waals surface area contributed by atoms with Crippen molar-refractivity contribution in [1.82, 2.24) is 27.8 Å². The van der Waals surface area contributed by atoms with Gasteiger partial charge in [-0.25, -0.2) is 51.1 Å². The van der Waals surface area contributed by atoms with Crippen LogP contribution in [0, 0.1) is 0 Å². The summed E-state index contributed by atoms with van der Waals surface area (Å²) in [7, 11) is 0. The van der Waals surface area contributed by atoms with Crippen LogP contribution in [0.1, 0.15) is 78.6 Å². The van der Waals surface area contributed by atoms with Crippen LogP contribution in [0.2, 0.25) is 0 Å². The molecule has 0 atom stereocenters. The average molecular weight is 1170 g/mol. The van der Waals surface area contributed by atoms with Gasteiger partial charge in [0.2, 0.25) is 25.3 Å². The zero-order valence-electron chi connectivity index (χ0n) is 38.3. The molecule has 5 aromatic heterocycles. The van der Waals surface area contributed by atoms with E-state index in [0.29, 0.717) is 39.3 Å². The second kappa shape index (κ2) is 33.9. The molecule has 366 valence electrons. The van der Waals surface area contributed by atoms with Crippen molar-refractivity contribution in [1.29, 1.82) is 0 Å². The van der Waals surface area contributed by atoms with E-state index in [1.54, 1.807) is 0 Å². The van der Waals surface area contributed by atoms with Crippen LogP contribution in [-0.2, 0) is 82.6 Å². The number of ether oxygens (including phenoxy) is 5. The Bertz CT molecular complexity index is 1960. The maximum atomic E-state index is 12.0. The molecule has 0 fully saturated rings. The normalized spacial score (nSPS) is 10.9. The fourth-order valence-corrected chi connectivity index (χ4v) is 6.73. The van der Waals surface area contributed by atoms with Crippen LogP contribution < -0.4 is 86.2 Å². The highest BCUT2D eigenvalue weighted by atomic mass is 79.9. The SMILES string of the molecule is CC(C)(C)OCCCn1cc[n+](CCCOC(=O)OCCC[n+]2ccn(CCCCn3cc[n+](CCCOC(=O)OCCC[n+]4ccn(CCCCn5ccnc5)c4)c3)c2)c1.[Br-].[Br-].[Br-].[Br-]. The first-order valence-corrected chi connectivity index (χ1v) is 22.0. The average Bonchev–Trinajstić information content (AvgIpc) is 4.10. The summed E-state index contributed by atoms with van der Waals surface area (Å²) in [5.74, 6) is 0. The molecule has 0 radical (unpaired) electrons. The van der Waals surface area contributed by atoms with Crippen LogP contribution >= 0.6 is 0 Å². The van der Waals surface area contributed by atoms with Crippen molar-refractivity contribution in [2.75, 3.05) is 33.0 Å². The van der Waals surface area contributed by atoms with Gasteiger partial charge in [0.1, 0.15) is 49.6 Å². The minimum atomic E-state index is -0.614. The minimum Gasteiger partial charge on any atom is -1.00 e. The van der Waals surface area contributed by atoms with Crippen molar-refractivity contribution < 1.29 is 119 Å². The Kier molecular flexibility index (Phi) is 31.0. The Morgan fingerprint density at radius 3 is 1.08 bits per heavy atom.